The lowest BCUT2D eigenvalue weighted by Crippen LogP contribution is -2.43. The van der Waals surface area contributed by atoms with Gasteiger partial charge in [-0.2, -0.15) is 0 Å². The molecule has 16 heavy (non-hydrogen) atoms. The number of ether oxygens (including phenoxy) is 1. The van der Waals surface area contributed by atoms with E-state index in [1.54, 1.807) is 0 Å². The zero-order chi connectivity index (χ0) is 11.9. The van der Waals surface area contributed by atoms with Crippen LogP contribution in [-0.4, -0.2) is 23.8 Å². The largest absolute Gasteiger partial charge is 0.444 e. The van der Waals surface area contributed by atoms with Crippen LogP contribution in [-0.2, 0) is 4.74 Å². The van der Waals surface area contributed by atoms with Gasteiger partial charge in [0.15, 0.2) is 0 Å². The molecule has 3 N–H and O–H groups in total. The molecule has 2 bridgehead atoms. The molecule has 92 valence electrons. The third-order valence-electron chi connectivity index (χ3n) is 3.69. The van der Waals surface area contributed by atoms with Crippen LogP contribution in [0.15, 0.2) is 0 Å². The molecule has 0 aromatic rings. The molecule has 2 fully saturated rings. The number of hydrogen-bond donors (Lipinski definition) is 2. The first-order valence-corrected chi connectivity index (χ1v) is 6.12. The highest BCUT2D eigenvalue weighted by atomic mass is 16.6. The molecule has 0 aliphatic heterocycles. The van der Waals surface area contributed by atoms with E-state index in [9.17, 15) is 4.79 Å². The lowest BCUT2D eigenvalue weighted by Gasteiger charge is -2.26. The zero-order valence-corrected chi connectivity index (χ0v) is 10.3. The molecule has 4 nitrogen and oxygen atoms in total. The monoisotopic (exact) mass is 226 g/mol. The smallest absolute Gasteiger partial charge is 0.407 e. The van der Waals surface area contributed by atoms with Crippen molar-refractivity contribution < 1.29 is 9.53 Å². The van der Waals surface area contributed by atoms with E-state index in [1.165, 1.54) is 6.42 Å². The van der Waals surface area contributed by atoms with Crippen LogP contribution in [0.3, 0.4) is 0 Å². The molecule has 0 saturated heterocycles. The summed E-state index contributed by atoms with van der Waals surface area (Å²) >= 11 is 0. The summed E-state index contributed by atoms with van der Waals surface area (Å²) in [6.45, 7) is 5.62. The number of carbonyl (C=O) groups is 1. The Morgan fingerprint density at radius 2 is 2.06 bits per heavy atom. The molecule has 0 radical (unpaired) electrons. The van der Waals surface area contributed by atoms with Crippen LogP contribution in [0.2, 0.25) is 0 Å². The Morgan fingerprint density at radius 1 is 1.38 bits per heavy atom. The minimum Gasteiger partial charge on any atom is -0.444 e. The maximum Gasteiger partial charge on any atom is 0.407 e. The Morgan fingerprint density at radius 3 is 2.50 bits per heavy atom. The van der Waals surface area contributed by atoms with Crippen molar-refractivity contribution in [3.8, 4) is 0 Å². The van der Waals surface area contributed by atoms with Crippen LogP contribution >= 0.6 is 0 Å². The van der Waals surface area contributed by atoms with Crippen LogP contribution in [0.5, 0.6) is 0 Å². The number of carbonyl (C=O) groups excluding carboxylic acids is 1. The fourth-order valence-electron chi connectivity index (χ4n) is 3.01. The minimum absolute atomic E-state index is 0.226. The maximum atomic E-state index is 11.6. The summed E-state index contributed by atoms with van der Waals surface area (Å²) in [4.78, 5) is 11.6. The average molecular weight is 226 g/mol. The van der Waals surface area contributed by atoms with Gasteiger partial charge < -0.3 is 15.8 Å². The maximum absolute atomic E-state index is 11.6. The van der Waals surface area contributed by atoms with Gasteiger partial charge in [-0.05, 0) is 51.9 Å². The van der Waals surface area contributed by atoms with Gasteiger partial charge >= 0.3 is 6.09 Å². The summed E-state index contributed by atoms with van der Waals surface area (Å²) in [6, 6.07) is 0.503. The van der Waals surface area contributed by atoms with Crippen LogP contribution in [0.25, 0.3) is 0 Å². The SMILES string of the molecule is CC(C)(C)OC(=O)NC1CC2CCC1C2N. The fourth-order valence-corrected chi connectivity index (χ4v) is 3.01. The molecular weight excluding hydrogens is 204 g/mol. The molecule has 0 aromatic heterocycles. The second-order valence-corrected chi connectivity index (χ2v) is 6.07. The molecule has 0 heterocycles. The number of nitrogens with one attached hydrogen (secondary N) is 1. The summed E-state index contributed by atoms with van der Waals surface area (Å²) < 4.78 is 5.25. The molecule has 4 unspecified atom stereocenters. The zero-order valence-electron chi connectivity index (χ0n) is 10.3. The molecule has 2 aliphatic carbocycles. The summed E-state index contributed by atoms with van der Waals surface area (Å²) in [7, 11) is 0. The van der Waals surface area contributed by atoms with Crippen molar-refractivity contribution in [3.63, 3.8) is 0 Å². The Balaban J connectivity index is 1.85. The predicted molar refractivity (Wildman–Crippen MR) is 62.0 cm³/mol. The number of alkyl carbamates (subject to hydrolysis) is 1. The molecule has 4 heteroatoms. The van der Waals surface area contributed by atoms with Gasteiger partial charge in [0, 0.05) is 12.1 Å². The lowest BCUT2D eigenvalue weighted by molar-refractivity contribution is 0.0487. The Labute approximate surface area is 96.9 Å². The molecule has 2 saturated carbocycles. The Bertz CT molecular complexity index is 285. The molecule has 4 atom stereocenters. The van der Waals surface area contributed by atoms with E-state index in [4.69, 9.17) is 10.5 Å². The van der Waals surface area contributed by atoms with E-state index in [-0.39, 0.29) is 18.2 Å². The van der Waals surface area contributed by atoms with Crippen LogP contribution in [0.1, 0.15) is 40.0 Å². The van der Waals surface area contributed by atoms with Crippen molar-refractivity contribution in [2.75, 3.05) is 0 Å². The Kier molecular flexibility index (Phi) is 2.86. The molecular formula is C12H22N2O2. The number of fused-ring (bicyclic) bond motifs is 2. The second kappa shape index (κ2) is 3.91. The van der Waals surface area contributed by atoms with Crippen molar-refractivity contribution in [3.05, 3.63) is 0 Å². The quantitative estimate of drug-likeness (QED) is 0.714. The molecule has 1 amide bonds. The summed E-state index contributed by atoms with van der Waals surface area (Å²) in [6.07, 6.45) is 3.08. The highest BCUT2D eigenvalue weighted by Gasteiger charge is 2.46. The lowest BCUT2D eigenvalue weighted by atomic mass is 9.95. The average Bonchev–Trinajstić information content (AvgIpc) is 2.57. The van der Waals surface area contributed by atoms with Gasteiger partial charge in [0.05, 0.1) is 0 Å². The summed E-state index contributed by atoms with van der Waals surface area (Å²) in [5, 5.41) is 2.96. The normalized spacial score (nSPS) is 37.5. The van der Waals surface area contributed by atoms with Crippen molar-refractivity contribution >= 4 is 6.09 Å². The van der Waals surface area contributed by atoms with E-state index in [1.807, 2.05) is 20.8 Å². The van der Waals surface area contributed by atoms with Crippen molar-refractivity contribution in [1.82, 2.24) is 5.32 Å². The van der Waals surface area contributed by atoms with Gasteiger partial charge in [-0.15, -0.1) is 0 Å². The van der Waals surface area contributed by atoms with E-state index in [2.05, 4.69) is 5.32 Å². The van der Waals surface area contributed by atoms with Crippen LogP contribution in [0.4, 0.5) is 4.79 Å². The van der Waals surface area contributed by atoms with Gasteiger partial charge in [-0.25, -0.2) is 4.79 Å². The number of hydrogen-bond acceptors (Lipinski definition) is 3. The van der Waals surface area contributed by atoms with E-state index < -0.39 is 5.60 Å². The number of amides is 1. The summed E-state index contributed by atoms with van der Waals surface area (Å²) in [5.74, 6) is 1.06. The predicted octanol–water partition coefficient (Wildman–Crippen LogP) is 1.64. The number of rotatable bonds is 1. The van der Waals surface area contributed by atoms with E-state index >= 15 is 0 Å². The second-order valence-electron chi connectivity index (χ2n) is 6.07. The fraction of sp³-hybridized carbons (Fsp3) is 0.917. The van der Waals surface area contributed by atoms with Gasteiger partial charge in [-0.3, -0.25) is 0 Å². The molecule has 0 spiro atoms. The van der Waals surface area contributed by atoms with Gasteiger partial charge in [0.25, 0.3) is 0 Å². The van der Waals surface area contributed by atoms with Crippen molar-refractivity contribution in [2.24, 2.45) is 17.6 Å². The highest BCUT2D eigenvalue weighted by molar-refractivity contribution is 5.68. The van der Waals surface area contributed by atoms with E-state index in [0.717, 1.165) is 12.8 Å². The molecule has 0 aromatic carbocycles. The van der Waals surface area contributed by atoms with E-state index in [0.29, 0.717) is 11.8 Å². The van der Waals surface area contributed by atoms with Crippen LogP contribution in [0, 0.1) is 11.8 Å². The summed E-state index contributed by atoms with van der Waals surface area (Å²) in [5.41, 5.74) is 5.66. The molecule has 2 aliphatic rings. The van der Waals surface area contributed by atoms with Crippen molar-refractivity contribution in [2.45, 2.75) is 57.7 Å². The van der Waals surface area contributed by atoms with Gasteiger partial charge in [0.1, 0.15) is 5.60 Å². The van der Waals surface area contributed by atoms with Gasteiger partial charge in [-0.1, -0.05) is 0 Å². The highest BCUT2D eigenvalue weighted by Crippen LogP contribution is 2.43. The third-order valence-corrected chi connectivity index (χ3v) is 3.69. The number of nitrogens with two attached hydrogens (primary N) is 1. The van der Waals surface area contributed by atoms with Crippen LogP contribution < -0.4 is 11.1 Å². The Hall–Kier alpha value is -0.770. The minimum atomic E-state index is -0.427. The third kappa shape index (κ3) is 2.32. The first kappa shape index (κ1) is 11.7. The topological polar surface area (TPSA) is 64.3 Å². The van der Waals surface area contributed by atoms with Crippen molar-refractivity contribution in [1.29, 1.82) is 0 Å². The first-order valence-electron chi connectivity index (χ1n) is 6.12. The van der Waals surface area contributed by atoms with Gasteiger partial charge in [0.2, 0.25) is 0 Å². The molecule has 2 rings (SSSR count). The first-order chi connectivity index (χ1) is 7.37. The standard InChI is InChI=1S/C12H22N2O2/c1-12(2,3)16-11(15)14-9-6-7-4-5-8(9)10(7)13/h7-10H,4-6,13H2,1-3H3,(H,14,15).